The molecule has 8 heteroatoms. The molecule has 2 aromatic carbocycles. The zero-order chi connectivity index (χ0) is 19.7. The van der Waals surface area contributed by atoms with Crippen LogP contribution in [0.1, 0.15) is 16.1 Å². The number of benzene rings is 2. The first-order chi connectivity index (χ1) is 13.4. The number of para-hydroxylation sites is 1. The van der Waals surface area contributed by atoms with Gasteiger partial charge >= 0.3 is 6.18 Å². The molecule has 0 fully saturated rings. The Morgan fingerprint density at radius 2 is 1.86 bits per heavy atom. The van der Waals surface area contributed by atoms with E-state index in [1.54, 1.807) is 30.3 Å². The van der Waals surface area contributed by atoms with Crippen molar-refractivity contribution in [2.45, 2.75) is 6.18 Å². The van der Waals surface area contributed by atoms with Gasteiger partial charge in [-0.05, 0) is 42.5 Å². The van der Waals surface area contributed by atoms with Gasteiger partial charge in [0.25, 0.3) is 5.91 Å². The minimum atomic E-state index is -4.42. The second kappa shape index (κ2) is 6.80. The maximum atomic E-state index is 13.0. The monoisotopic (exact) mass is 383 g/mol. The van der Waals surface area contributed by atoms with Crippen molar-refractivity contribution in [1.29, 1.82) is 0 Å². The van der Waals surface area contributed by atoms with E-state index in [9.17, 15) is 18.0 Å². The number of anilines is 1. The standard InChI is InChI=1S/C20H13F3N4O/c21-20(22,23)14-5-1-4-13(11-14)15-8-7-12-3-2-6-16(18(12)25-15)26-19(28)17-9-10-24-27-17/h1-11H,(H,24,27)(H,26,28)/p+1. The van der Waals surface area contributed by atoms with Gasteiger partial charge in [0.15, 0.2) is 0 Å². The van der Waals surface area contributed by atoms with Crippen LogP contribution in [-0.2, 0) is 6.18 Å². The molecule has 0 aliphatic rings. The molecule has 28 heavy (non-hydrogen) atoms. The summed E-state index contributed by atoms with van der Waals surface area (Å²) >= 11 is 0. The molecule has 140 valence electrons. The fraction of sp³-hybridized carbons (Fsp3) is 0.0500. The molecule has 0 spiro atoms. The average Bonchev–Trinajstić information content (AvgIpc) is 3.22. The van der Waals surface area contributed by atoms with Gasteiger partial charge in [0, 0.05) is 23.2 Å². The van der Waals surface area contributed by atoms with Crippen LogP contribution in [0.15, 0.2) is 66.9 Å². The summed E-state index contributed by atoms with van der Waals surface area (Å²) in [6.07, 6.45) is -2.95. The molecule has 5 nitrogen and oxygen atoms in total. The minimum absolute atomic E-state index is 0.297. The summed E-state index contributed by atoms with van der Waals surface area (Å²) in [5.74, 6) is -0.372. The van der Waals surface area contributed by atoms with Crippen molar-refractivity contribution in [2.75, 3.05) is 5.32 Å². The van der Waals surface area contributed by atoms with Crippen LogP contribution in [0.4, 0.5) is 18.9 Å². The van der Waals surface area contributed by atoms with Gasteiger partial charge in [0.05, 0.1) is 5.56 Å². The highest BCUT2D eigenvalue weighted by molar-refractivity contribution is 6.06. The van der Waals surface area contributed by atoms with Crippen molar-refractivity contribution in [2.24, 2.45) is 0 Å². The van der Waals surface area contributed by atoms with E-state index in [1.807, 2.05) is 6.07 Å². The Kier molecular flexibility index (Phi) is 4.31. The van der Waals surface area contributed by atoms with Crippen LogP contribution in [0.3, 0.4) is 0 Å². The summed E-state index contributed by atoms with van der Waals surface area (Å²) in [6, 6.07) is 15.4. The lowest BCUT2D eigenvalue weighted by molar-refractivity contribution is -0.330. The van der Waals surface area contributed by atoms with E-state index < -0.39 is 11.7 Å². The van der Waals surface area contributed by atoms with Crippen molar-refractivity contribution in [3.8, 4) is 11.3 Å². The highest BCUT2D eigenvalue weighted by atomic mass is 19.4. The second-order valence-electron chi connectivity index (χ2n) is 6.14. The highest BCUT2D eigenvalue weighted by Gasteiger charge is 2.31. The molecule has 2 aromatic heterocycles. The molecule has 0 saturated carbocycles. The van der Waals surface area contributed by atoms with Gasteiger partial charge in [-0.15, -0.1) is 0 Å². The van der Waals surface area contributed by atoms with Crippen LogP contribution in [0.5, 0.6) is 0 Å². The Bertz CT molecular complexity index is 1150. The van der Waals surface area contributed by atoms with Crippen molar-refractivity contribution in [1.82, 2.24) is 10.2 Å². The number of H-pyrrole nitrogens is 2. The number of carbonyl (C=O) groups is 1. The molecule has 4 aromatic rings. The van der Waals surface area contributed by atoms with Gasteiger partial charge in [-0.25, -0.2) is 4.98 Å². The Hall–Kier alpha value is -3.68. The van der Waals surface area contributed by atoms with Crippen LogP contribution >= 0.6 is 0 Å². The molecular weight excluding hydrogens is 369 g/mol. The Balaban J connectivity index is 1.75. The van der Waals surface area contributed by atoms with Crippen LogP contribution in [0.2, 0.25) is 0 Å². The molecule has 0 unspecified atom stereocenters. The van der Waals surface area contributed by atoms with Crippen molar-refractivity contribution < 1.29 is 22.9 Å². The van der Waals surface area contributed by atoms with Gasteiger partial charge in [-0.3, -0.25) is 9.89 Å². The summed E-state index contributed by atoms with van der Waals surface area (Å²) in [6.45, 7) is 0. The number of aromatic amines is 2. The number of alkyl halides is 3. The zero-order valence-electron chi connectivity index (χ0n) is 14.3. The quantitative estimate of drug-likeness (QED) is 0.553. The summed E-state index contributed by atoms with van der Waals surface area (Å²) in [5, 5.41) is 9.91. The number of rotatable bonds is 3. The van der Waals surface area contributed by atoms with Crippen LogP contribution in [0.25, 0.3) is 22.2 Å². The summed E-state index contributed by atoms with van der Waals surface area (Å²) in [5.41, 5.74) is 1.58. The summed E-state index contributed by atoms with van der Waals surface area (Å²) < 4.78 is 39.0. The van der Waals surface area contributed by atoms with Gasteiger partial charge in [-0.2, -0.15) is 18.3 Å². The van der Waals surface area contributed by atoms with E-state index >= 15 is 0 Å². The number of halogens is 3. The average molecular weight is 383 g/mol. The molecule has 0 saturated heterocycles. The lowest BCUT2D eigenvalue weighted by Crippen LogP contribution is -2.16. The molecule has 0 radical (unpaired) electrons. The van der Waals surface area contributed by atoms with E-state index in [-0.39, 0.29) is 5.91 Å². The van der Waals surface area contributed by atoms with E-state index in [0.29, 0.717) is 28.2 Å². The third-order valence-electron chi connectivity index (χ3n) is 4.28. The Morgan fingerprint density at radius 3 is 2.61 bits per heavy atom. The van der Waals surface area contributed by atoms with Crippen molar-refractivity contribution in [3.05, 3.63) is 78.1 Å². The lowest BCUT2D eigenvalue weighted by Gasteiger charge is -2.08. The number of fused-ring (bicyclic) bond motifs is 1. The summed E-state index contributed by atoms with van der Waals surface area (Å²) in [4.78, 5) is 15.4. The van der Waals surface area contributed by atoms with Gasteiger partial charge in [0.1, 0.15) is 11.4 Å². The highest BCUT2D eigenvalue weighted by Crippen LogP contribution is 2.31. The van der Waals surface area contributed by atoms with E-state index in [4.69, 9.17) is 0 Å². The van der Waals surface area contributed by atoms with Crippen LogP contribution < -0.4 is 10.3 Å². The number of aromatic nitrogens is 3. The SMILES string of the molecule is O=C(Nc1cccc2ccc(-c3cccc(C(F)(F)F)c3)[nH+]c12)c1ccn[nH]1. The topological polar surface area (TPSA) is 71.9 Å². The number of pyridine rings is 1. The molecule has 3 N–H and O–H groups in total. The normalized spacial score (nSPS) is 11.5. The second-order valence-corrected chi connectivity index (χ2v) is 6.14. The molecule has 0 aliphatic carbocycles. The molecule has 1 amide bonds. The third kappa shape index (κ3) is 3.44. The van der Waals surface area contributed by atoms with E-state index in [2.05, 4.69) is 20.5 Å². The van der Waals surface area contributed by atoms with Gasteiger partial charge in [-0.1, -0.05) is 12.1 Å². The molecule has 0 aliphatic heterocycles. The Morgan fingerprint density at radius 1 is 1.04 bits per heavy atom. The maximum absolute atomic E-state index is 13.0. The maximum Gasteiger partial charge on any atom is 0.416 e. The number of nitrogens with zero attached hydrogens (tertiary/aromatic N) is 1. The van der Waals surface area contributed by atoms with Gasteiger partial charge in [0.2, 0.25) is 11.2 Å². The van der Waals surface area contributed by atoms with Crippen molar-refractivity contribution >= 4 is 22.5 Å². The number of carbonyl (C=O) groups excluding carboxylic acids is 1. The summed E-state index contributed by atoms with van der Waals surface area (Å²) in [7, 11) is 0. The van der Waals surface area contributed by atoms with Crippen LogP contribution in [-0.4, -0.2) is 16.1 Å². The fourth-order valence-corrected chi connectivity index (χ4v) is 2.91. The Labute approximate surface area is 157 Å². The largest absolute Gasteiger partial charge is 0.416 e. The lowest BCUT2D eigenvalue weighted by atomic mass is 10.1. The van der Waals surface area contributed by atoms with Crippen LogP contribution in [0, 0.1) is 0 Å². The molecule has 2 heterocycles. The van der Waals surface area contributed by atoms with Crippen molar-refractivity contribution in [3.63, 3.8) is 0 Å². The predicted molar refractivity (Wildman–Crippen MR) is 97.5 cm³/mol. The zero-order valence-corrected chi connectivity index (χ0v) is 14.3. The fourth-order valence-electron chi connectivity index (χ4n) is 2.91. The minimum Gasteiger partial charge on any atom is -0.315 e. The number of hydrogen-bond donors (Lipinski definition) is 2. The molecule has 4 rings (SSSR count). The number of nitrogens with one attached hydrogen (secondary N) is 3. The van der Waals surface area contributed by atoms with Gasteiger partial charge < -0.3 is 5.32 Å². The van der Waals surface area contributed by atoms with E-state index in [1.165, 1.54) is 18.3 Å². The smallest absolute Gasteiger partial charge is 0.315 e. The number of amides is 1. The molecule has 0 atom stereocenters. The first-order valence-electron chi connectivity index (χ1n) is 8.35. The first kappa shape index (κ1) is 17.7. The molecule has 0 bridgehead atoms. The predicted octanol–water partition coefficient (Wildman–Crippen LogP) is 4.32. The third-order valence-corrected chi connectivity index (χ3v) is 4.28. The molecular formula is C20H14F3N4O+. The van der Waals surface area contributed by atoms with E-state index in [0.717, 1.165) is 17.5 Å². The number of hydrogen-bond acceptors (Lipinski definition) is 2. The first-order valence-corrected chi connectivity index (χ1v) is 8.35.